The minimum absolute atomic E-state index is 0.262. The summed E-state index contributed by atoms with van der Waals surface area (Å²) in [7, 11) is 1.25. The molecule has 1 rings (SSSR count). The van der Waals surface area contributed by atoms with Gasteiger partial charge in [0.2, 0.25) is 0 Å². The van der Waals surface area contributed by atoms with Crippen LogP contribution in [-0.4, -0.2) is 54.7 Å². The molecule has 0 spiro atoms. The fraction of sp³-hybridized carbons (Fsp3) is 0.400. The number of amides is 1. The third-order valence-corrected chi connectivity index (χ3v) is 2.77. The summed E-state index contributed by atoms with van der Waals surface area (Å²) in [5, 5.41) is 8.86. The maximum Gasteiger partial charge on any atom is 0.343 e. The molecule has 0 saturated heterocycles. The number of nitrogens with zero attached hydrogens (tertiary/aromatic N) is 1. The summed E-state index contributed by atoms with van der Waals surface area (Å²) in [6.07, 6.45) is 0.650. The molecule has 0 aliphatic heterocycles. The first-order valence-electron chi connectivity index (χ1n) is 6.78. The number of carbonyl (C=O) groups is 3. The highest BCUT2D eigenvalue weighted by Crippen LogP contribution is 2.15. The van der Waals surface area contributed by atoms with Crippen molar-refractivity contribution in [2.45, 2.75) is 13.3 Å². The third kappa shape index (κ3) is 5.43. The molecular formula is C15H19NO6. The Balaban J connectivity index is 2.83. The summed E-state index contributed by atoms with van der Waals surface area (Å²) >= 11 is 0. The van der Waals surface area contributed by atoms with Gasteiger partial charge in [-0.15, -0.1) is 0 Å². The lowest BCUT2D eigenvalue weighted by molar-refractivity contribution is -0.143. The van der Waals surface area contributed by atoms with Gasteiger partial charge in [0.15, 0.2) is 6.61 Å². The SMILES string of the molecule is CCCN(CC(=O)O)C(=O)c1cccc(OCC(=O)OC)c1. The zero-order valence-electron chi connectivity index (χ0n) is 12.6. The minimum atomic E-state index is -1.07. The number of ether oxygens (including phenoxy) is 2. The van der Waals surface area contributed by atoms with Crippen LogP contribution in [0.5, 0.6) is 5.75 Å². The Morgan fingerprint density at radius 2 is 2.00 bits per heavy atom. The average Bonchev–Trinajstić information content (AvgIpc) is 2.51. The van der Waals surface area contributed by atoms with Crippen LogP contribution in [0.15, 0.2) is 24.3 Å². The Labute approximate surface area is 128 Å². The molecule has 22 heavy (non-hydrogen) atoms. The van der Waals surface area contributed by atoms with E-state index in [1.807, 2.05) is 6.92 Å². The van der Waals surface area contributed by atoms with Gasteiger partial charge < -0.3 is 19.5 Å². The molecule has 0 bridgehead atoms. The van der Waals surface area contributed by atoms with E-state index in [1.165, 1.54) is 18.1 Å². The van der Waals surface area contributed by atoms with Crippen LogP contribution in [0.1, 0.15) is 23.7 Å². The Morgan fingerprint density at radius 3 is 2.59 bits per heavy atom. The second-order valence-electron chi connectivity index (χ2n) is 4.51. The predicted octanol–water partition coefficient (Wildman–Crippen LogP) is 1.18. The van der Waals surface area contributed by atoms with E-state index in [-0.39, 0.29) is 13.2 Å². The molecule has 0 heterocycles. The molecule has 1 aromatic carbocycles. The zero-order valence-corrected chi connectivity index (χ0v) is 12.6. The topological polar surface area (TPSA) is 93.1 Å². The Bertz CT molecular complexity index is 543. The third-order valence-electron chi connectivity index (χ3n) is 2.77. The summed E-state index contributed by atoms with van der Waals surface area (Å²) in [6.45, 7) is 1.58. The van der Waals surface area contributed by atoms with Crippen LogP contribution >= 0.6 is 0 Å². The van der Waals surface area contributed by atoms with Crippen molar-refractivity contribution in [3.8, 4) is 5.75 Å². The Kier molecular flexibility index (Phi) is 6.88. The molecule has 0 saturated carbocycles. The van der Waals surface area contributed by atoms with Crippen molar-refractivity contribution in [3.63, 3.8) is 0 Å². The van der Waals surface area contributed by atoms with E-state index < -0.39 is 17.8 Å². The van der Waals surface area contributed by atoms with Gasteiger partial charge >= 0.3 is 11.9 Å². The lowest BCUT2D eigenvalue weighted by Crippen LogP contribution is -2.36. The first kappa shape index (κ1) is 17.5. The van der Waals surface area contributed by atoms with Crippen molar-refractivity contribution >= 4 is 17.8 Å². The summed E-state index contributed by atoms with van der Waals surface area (Å²) in [6, 6.07) is 6.24. The van der Waals surface area contributed by atoms with Gasteiger partial charge in [-0.05, 0) is 24.6 Å². The number of benzene rings is 1. The van der Waals surface area contributed by atoms with Crippen molar-refractivity contribution in [2.75, 3.05) is 26.8 Å². The number of methoxy groups -OCH3 is 1. The van der Waals surface area contributed by atoms with Crippen LogP contribution in [0.2, 0.25) is 0 Å². The summed E-state index contributed by atoms with van der Waals surface area (Å²) in [4.78, 5) is 35.4. The van der Waals surface area contributed by atoms with Gasteiger partial charge in [-0.2, -0.15) is 0 Å². The largest absolute Gasteiger partial charge is 0.482 e. The van der Waals surface area contributed by atoms with Gasteiger partial charge in [0.1, 0.15) is 12.3 Å². The van der Waals surface area contributed by atoms with E-state index >= 15 is 0 Å². The summed E-state index contributed by atoms with van der Waals surface area (Å²) < 4.78 is 9.67. The first-order chi connectivity index (χ1) is 10.5. The van der Waals surface area contributed by atoms with E-state index in [1.54, 1.807) is 18.2 Å². The number of aliphatic carboxylic acids is 1. The fourth-order valence-corrected chi connectivity index (χ4v) is 1.79. The van der Waals surface area contributed by atoms with Crippen LogP contribution in [0.3, 0.4) is 0 Å². The van der Waals surface area contributed by atoms with Gasteiger partial charge in [-0.1, -0.05) is 13.0 Å². The van der Waals surface area contributed by atoms with Crippen LogP contribution < -0.4 is 4.74 Å². The van der Waals surface area contributed by atoms with Crippen molar-refractivity contribution in [1.82, 2.24) is 4.90 Å². The number of carbonyl (C=O) groups excluding carboxylic acids is 2. The molecule has 1 amide bonds. The standard InChI is InChI=1S/C15H19NO6/c1-3-7-16(9-13(17)18)15(20)11-5-4-6-12(8-11)22-10-14(19)21-2/h4-6,8H,3,7,9-10H2,1-2H3,(H,17,18). The van der Waals surface area contributed by atoms with E-state index in [0.717, 1.165) is 0 Å². The molecule has 0 radical (unpaired) electrons. The lowest BCUT2D eigenvalue weighted by atomic mass is 10.2. The lowest BCUT2D eigenvalue weighted by Gasteiger charge is -2.20. The van der Waals surface area contributed by atoms with E-state index in [4.69, 9.17) is 9.84 Å². The monoisotopic (exact) mass is 309 g/mol. The quantitative estimate of drug-likeness (QED) is 0.725. The van der Waals surface area contributed by atoms with Crippen LogP contribution in [-0.2, 0) is 14.3 Å². The van der Waals surface area contributed by atoms with Gasteiger partial charge in [0.25, 0.3) is 5.91 Å². The summed E-state index contributed by atoms with van der Waals surface area (Å²) in [5.74, 6) is -1.66. The fourth-order valence-electron chi connectivity index (χ4n) is 1.79. The van der Waals surface area contributed by atoms with Gasteiger partial charge in [0.05, 0.1) is 7.11 Å². The number of hydrogen-bond acceptors (Lipinski definition) is 5. The molecule has 1 aromatic rings. The molecular weight excluding hydrogens is 290 g/mol. The predicted molar refractivity (Wildman–Crippen MR) is 77.8 cm³/mol. The highest BCUT2D eigenvalue weighted by Gasteiger charge is 2.18. The van der Waals surface area contributed by atoms with Gasteiger partial charge in [-0.3, -0.25) is 9.59 Å². The molecule has 0 aliphatic carbocycles. The van der Waals surface area contributed by atoms with E-state index in [2.05, 4.69) is 4.74 Å². The van der Waals surface area contributed by atoms with Gasteiger partial charge in [-0.25, -0.2) is 4.79 Å². The molecule has 1 N–H and O–H groups in total. The normalized spacial score (nSPS) is 9.91. The Morgan fingerprint density at radius 1 is 1.27 bits per heavy atom. The molecule has 0 fully saturated rings. The molecule has 120 valence electrons. The zero-order chi connectivity index (χ0) is 16.5. The number of carboxylic acids is 1. The first-order valence-corrected chi connectivity index (χ1v) is 6.78. The number of rotatable bonds is 8. The second-order valence-corrected chi connectivity index (χ2v) is 4.51. The maximum absolute atomic E-state index is 12.3. The van der Waals surface area contributed by atoms with Crippen molar-refractivity contribution < 1.29 is 29.0 Å². The van der Waals surface area contributed by atoms with Crippen molar-refractivity contribution in [1.29, 1.82) is 0 Å². The number of carboxylic acid groups (broad SMARTS) is 1. The van der Waals surface area contributed by atoms with Crippen LogP contribution in [0.4, 0.5) is 0 Å². The van der Waals surface area contributed by atoms with E-state index in [9.17, 15) is 14.4 Å². The van der Waals surface area contributed by atoms with Crippen molar-refractivity contribution in [3.05, 3.63) is 29.8 Å². The second kappa shape index (κ2) is 8.66. The molecule has 7 heteroatoms. The molecule has 7 nitrogen and oxygen atoms in total. The summed E-state index contributed by atoms with van der Waals surface area (Å²) in [5.41, 5.74) is 0.303. The highest BCUT2D eigenvalue weighted by molar-refractivity contribution is 5.96. The average molecular weight is 309 g/mol. The Hall–Kier alpha value is -2.57. The van der Waals surface area contributed by atoms with Crippen LogP contribution in [0.25, 0.3) is 0 Å². The van der Waals surface area contributed by atoms with Gasteiger partial charge in [0, 0.05) is 12.1 Å². The van der Waals surface area contributed by atoms with Crippen molar-refractivity contribution in [2.24, 2.45) is 0 Å². The number of hydrogen-bond donors (Lipinski definition) is 1. The van der Waals surface area contributed by atoms with Crippen LogP contribution in [0, 0.1) is 0 Å². The molecule has 0 aromatic heterocycles. The van der Waals surface area contributed by atoms with E-state index in [0.29, 0.717) is 24.3 Å². The number of esters is 1. The molecule has 0 atom stereocenters. The smallest absolute Gasteiger partial charge is 0.343 e. The molecule has 0 unspecified atom stereocenters. The molecule has 0 aliphatic rings. The highest BCUT2D eigenvalue weighted by atomic mass is 16.6. The minimum Gasteiger partial charge on any atom is -0.482 e. The maximum atomic E-state index is 12.3.